The molecule has 0 radical (unpaired) electrons. The molecule has 2 saturated carbocycles. The van der Waals surface area contributed by atoms with Gasteiger partial charge in [-0.15, -0.1) is 0 Å². The average molecular weight is 267 g/mol. The van der Waals surface area contributed by atoms with Crippen molar-refractivity contribution < 1.29 is 4.74 Å². The highest BCUT2D eigenvalue weighted by Crippen LogP contribution is 2.38. The third-order valence-electron chi connectivity index (χ3n) is 5.31. The van der Waals surface area contributed by atoms with Crippen LogP contribution in [0.4, 0.5) is 0 Å². The fourth-order valence-electron chi connectivity index (χ4n) is 3.98. The SMILES string of the molecule is CCC1CCC(CNC)(OC2CCCCCC2)CC1. The summed E-state index contributed by atoms with van der Waals surface area (Å²) in [6.07, 6.45) is 15.3. The highest BCUT2D eigenvalue weighted by atomic mass is 16.5. The Morgan fingerprint density at radius 2 is 1.63 bits per heavy atom. The maximum Gasteiger partial charge on any atom is 0.0810 e. The van der Waals surface area contributed by atoms with Crippen molar-refractivity contribution in [3.63, 3.8) is 0 Å². The Bertz CT molecular complexity index is 238. The first-order valence-electron chi connectivity index (χ1n) is 8.60. The van der Waals surface area contributed by atoms with Crippen LogP contribution < -0.4 is 5.32 Å². The van der Waals surface area contributed by atoms with Crippen LogP contribution in [0.2, 0.25) is 0 Å². The Hall–Kier alpha value is -0.0800. The maximum atomic E-state index is 6.67. The molecule has 0 aromatic heterocycles. The van der Waals surface area contributed by atoms with E-state index in [1.54, 1.807) is 0 Å². The topological polar surface area (TPSA) is 21.3 Å². The Balaban J connectivity index is 1.91. The zero-order valence-corrected chi connectivity index (χ0v) is 13.0. The van der Waals surface area contributed by atoms with E-state index in [0.717, 1.165) is 12.5 Å². The lowest BCUT2D eigenvalue weighted by Crippen LogP contribution is -2.47. The number of likely N-dealkylation sites (N-methyl/N-ethyl adjacent to an activating group) is 1. The number of hydrogen-bond acceptors (Lipinski definition) is 2. The lowest BCUT2D eigenvalue weighted by molar-refractivity contribution is -0.121. The minimum absolute atomic E-state index is 0.148. The largest absolute Gasteiger partial charge is 0.370 e. The van der Waals surface area contributed by atoms with Crippen LogP contribution in [0, 0.1) is 5.92 Å². The van der Waals surface area contributed by atoms with E-state index in [0.29, 0.717) is 6.10 Å². The summed E-state index contributed by atoms with van der Waals surface area (Å²) >= 11 is 0. The lowest BCUT2D eigenvalue weighted by Gasteiger charge is -2.42. The van der Waals surface area contributed by atoms with E-state index in [-0.39, 0.29) is 5.60 Å². The summed E-state index contributed by atoms with van der Waals surface area (Å²) in [5, 5.41) is 3.39. The minimum atomic E-state index is 0.148. The van der Waals surface area contributed by atoms with Gasteiger partial charge in [0.2, 0.25) is 0 Å². The number of nitrogens with one attached hydrogen (secondary N) is 1. The second-order valence-electron chi connectivity index (χ2n) is 6.80. The Kier molecular flexibility index (Phi) is 6.15. The fourth-order valence-corrected chi connectivity index (χ4v) is 3.98. The number of hydrogen-bond donors (Lipinski definition) is 1. The summed E-state index contributed by atoms with van der Waals surface area (Å²) in [6.45, 7) is 3.38. The highest BCUT2D eigenvalue weighted by molar-refractivity contribution is 4.90. The highest BCUT2D eigenvalue weighted by Gasteiger charge is 2.37. The molecule has 0 saturated heterocycles. The average Bonchev–Trinajstić information content (AvgIpc) is 2.68. The standard InChI is InChI=1S/C17H33NO/c1-3-15-10-12-17(13-11-15,14-18-2)19-16-8-6-4-5-7-9-16/h15-16,18H,3-14H2,1-2H3. The lowest BCUT2D eigenvalue weighted by atomic mass is 9.77. The first-order valence-corrected chi connectivity index (χ1v) is 8.60. The van der Waals surface area contributed by atoms with Gasteiger partial charge in [0.25, 0.3) is 0 Å². The van der Waals surface area contributed by atoms with Crippen LogP contribution in [0.5, 0.6) is 0 Å². The van der Waals surface area contributed by atoms with Gasteiger partial charge in [0.1, 0.15) is 0 Å². The predicted octanol–water partition coefficient (Wildman–Crippen LogP) is 4.28. The van der Waals surface area contributed by atoms with Crippen molar-refractivity contribution in [3.05, 3.63) is 0 Å². The normalized spacial score (nSPS) is 34.1. The molecule has 2 heteroatoms. The molecule has 0 heterocycles. The van der Waals surface area contributed by atoms with E-state index in [9.17, 15) is 0 Å². The minimum Gasteiger partial charge on any atom is -0.370 e. The Morgan fingerprint density at radius 1 is 1.00 bits per heavy atom. The van der Waals surface area contributed by atoms with Gasteiger partial charge in [0, 0.05) is 6.54 Å². The van der Waals surface area contributed by atoms with Crippen LogP contribution in [-0.2, 0) is 4.74 Å². The second kappa shape index (κ2) is 7.64. The molecule has 2 nitrogen and oxygen atoms in total. The van der Waals surface area contributed by atoms with Crippen molar-refractivity contribution >= 4 is 0 Å². The molecule has 0 aromatic rings. The van der Waals surface area contributed by atoms with Gasteiger partial charge in [-0.3, -0.25) is 0 Å². The van der Waals surface area contributed by atoms with Crippen molar-refractivity contribution in [1.82, 2.24) is 5.32 Å². The molecule has 112 valence electrons. The van der Waals surface area contributed by atoms with Crippen molar-refractivity contribution in [2.75, 3.05) is 13.6 Å². The van der Waals surface area contributed by atoms with Crippen LogP contribution in [0.1, 0.15) is 77.6 Å². The van der Waals surface area contributed by atoms with E-state index < -0.39 is 0 Å². The van der Waals surface area contributed by atoms with E-state index in [2.05, 4.69) is 19.3 Å². The molecule has 1 N–H and O–H groups in total. The molecule has 0 bridgehead atoms. The quantitative estimate of drug-likeness (QED) is 0.751. The van der Waals surface area contributed by atoms with Crippen LogP contribution in [-0.4, -0.2) is 25.3 Å². The van der Waals surface area contributed by atoms with Crippen LogP contribution in [0.3, 0.4) is 0 Å². The molecule has 2 rings (SSSR count). The van der Waals surface area contributed by atoms with Gasteiger partial charge in [-0.1, -0.05) is 39.0 Å². The van der Waals surface area contributed by atoms with Crippen molar-refractivity contribution in [3.8, 4) is 0 Å². The molecule has 2 aliphatic carbocycles. The van der Waals surface area contributed by atoms with Gasteiger partial charge in [-0.05, 0) is 51.5 Å². The molecule has 2 aliphatic rings. The maximum absolute atomic E-state index is 6.67. The summed E-state index contributed by atoms with van der Waals surface area (Å²) < 4.78 is 6.67. The Labute approximate surface area is 119 Å². The molecule has 0 amide bonds. The molecule has 19 heavy (non-hydrogen) atoms. The van der Waals surface area contributed by atoms with Crippen molar-refractivity contribution in [2.45, 2.75) is 89.3 Å². The zero-order valence-electron chi connectivity index (χ0n) is 13.0. The first kappa shape index (κ1) is 15.3. The van der Waals surface area contributed by atoms with E-state index >= 15 is 0 Å². The Morgan fingerprint density at radius 3 is 2.16 bits per heavy atom. The summed E-state index contributed by atoms with van der Waals surface area (Å²) in [6, 6.07) is 0. The molecule has 0 aromatic carbocycles. The summed E-state index contributed by atoms with van der Waals surface area (Å²) in [5.74, 6) is 0.947. The van der Waals surface area contributed by atoms with Crippen molar-refractivity contribution in [1.29, 1.82) is 0 Å². The van der Waals surface area contributed by atoms with E-state index in [1.165, 1.54) is 70.6 Å². The molecule has 0 atom stereocenters. The summed E-state index contributed by atoms with van der Waals surface area (Å²) in [4.78, 5) is 0. The van der Waals surface area contributed by atoms with Crippen LogP contribution >= 0.6 is 0 Å². The van der Waals surface area contributed by atoms with Crippen molar-refractivity contribution in [2.24, 2.45) is 5.92 Å². The van der Waals surface area contributed by atoms with Gasteiger partial charge in [-0.2, -0.15) is 0 Å². The zero-order chi connectivity index (χ0) is 13.6. The molecule has 0 unspecified atom stereocenters. The molecule has 0 spiro atoms. The molecule has 0 aliphatic heterocycles. The first-order chi connectivity index (χ1) is 9.28. The number of rotatable bonds is 5. The van der Waals surface area contributed by atoms with Gasteiger partial charge in [0.05, 0.1) is 11.7 Å². The summed E-state index contributed by atoms with van der Waals surface area (Å²) in [7, 11) is 2.07. The second-order valence-corrected chi connectivity index (χ2v) is 6.80. The van der Waals surface area contributed by atoms with Crippen LogP contribution in [0.15, 0.2) is 0 Å². The smallest absolute Gasteiger partial charge is 0.0810 e. The molecular formula is C17H33NO. The number of ether oxygens (including phenoxy) is 1. The summed E-state index contributed by atoms with van der Waals surface area (Å²) in [5.41, 5.74) is 0.148. The third-order valence-corrected chi connectivity index (χ3v) is 5.31. The van der Waals surface area contributed by atoms with Gasteiger partial charge < -0.3 is 10.1 Å². The predicted molar refractivity (Wildman–Crippen MR) is 81.5 cm³/mol. The monoisotopic (exact) mass is 267 g/mol. The molecule has 2 fully saturated rings. The van der Waals surface area contributed by atoms with Gasteiger partial charge in [0.15, 0.2) is 0 Å². The van der Waals surface area contributed by atoms with E-state index in [1.807, 2.05) is 0 Å². The van der Waals surface area contributed by atoms with Gasteiger partial charge in [-0.25, -0.2) is 0 Å². The van der Waals surface area contributed by atoms with Crippen LogP contribution in [0.25, 0.3) is 0 Å². The van der Waals surface area contributed by atoms with E-state index in [4.69, 9.17) is 4.74 Å². The third kappa shape index (κ3) is 4.46. The molecular weight excluding hydrogens is 234 g/mol. The van der Waals surface area contributed by atoms with Gasteiger partial charge >= 0.3 is 0 Å². The fraction of sp³-hybridized carbons (Fsp3) is 1.00.